The van der Waals surface area contributed by atoms with Crippen LogP contribution < -0.4 is 0 Å². The average molecular weight is 324 g/mol. The highest BCUT2D eigenvalue weighted by atomic mass is 35.5. The van der Waals surface area contributed by atoms with Gasteiger partial charge in [-0.25, -0.2) is 4.39 Å². The Balaban J connectivity index is 1.77. The van der Waals surface area contributed by atoms with Gasteiger partial charge in [-0.2, -0.15) is 0 Å². The number of halogens is 2. The lowest BCUT2D eigenvalue weighted by atomic mass is 10.2. The summed E-state index contributed by atoms with van der Waals surface area (Å²) in [5.74, 6) is 1.57. The van der Waals surface area contributed by atoms with Crippen molar-refractivity contribution in [1.82, 2.24) is 14.8 Å². The molecule has 0 aliphatic heterocycles. The maximum absolute atomic E-state index is 13.0. The fourth-order valence-electron chi connectivity index (χ4n) is 1.84. The summed E-state index contributed by atoms with van der Waals surface area (Å²) < 4.78 is 20.2. The molecule has 0 atom stereocenters. The van der Waals surface area contributed by atoms with Crippen molar-refractivity contribution in [1.29, 1.82) is 0 Å². The van der Waals surface area contributed by atoms with Crippen LogP contribution in [0.15, 0.2) is 46.2 Å². The Morgan fingerprint density at radius 2 is 2.19 bits per heavy atom. The number of hydrogen-bond acceptors (Lipinski definition) is 4. The second kappa shape index (κ2) is 5.91. The molecule has 3 rings (SSSR count). The van der Waals surface area contributed by atoms with E-state index in [0.717, 1.165) is 10.7 Å². The molecule has 0 saturated carbocycles. The Morgan fingerprint density at radius 1 is 1.33 bits per heavy atom. The number of rotatable bonds is 4. The van der Waals surface area contributed by atoms with Crippen LogP contribution in [0.25, 0.3) is 11.6 Å². The van der Waals surface area contributed by atoms with Crippen LogP contribution in [0.1, 0.15) is 5.56 Å². The van der Waals surface area contributed by atoms with E-state index >= 15 is 0 Å². The predicted molar refractivity (Wildman–Crippen MR) is 79.7 cm³/mol. The zero-order valence-corrected chi connectivity index (χ0v) is 12.7. The molecule has 0 saturated heterocycles. The summed E-state index contributed by atoms with van der Waals surface area (Å²) in [6.45, 7) is 0. The molecule has 108 valence electrons. The molecule has 0 aliphatic carbocycles. The number of nitrogens with zero attached hydrogens (tertiary/aromatic N) is 3. The highest BCUT2D eigenvalue weighted by Gasteiger charge is 2.13. The van der Waals surface area contributed by atoms with Crippen molar-refractivity contribution in [3.05, 3.63) is 53.0 Å². The Kier molecular flexibility index (Phi) is 3.98. The van der Waals surface area contributed by atoms with E-state index in [2.05, 4.69) is 10.2 Å². The van der Waals surface area contributed by atoms with E-state index in [4.69, 9.17) is 16.0 Å². The summed E-state index contributed by atoms with van der Waals surface area (Å²) in [4.78, 5) is 0. The van der Waals surface area contributed by atoms with Crippen LogP contribution in [0.4, 0.5) is 4.39 Å². The summed E-state index contributed by atoms with van der Waals surface area (Å²) in [5.41, 5.74) is 0.852. The fourth-order valence-corrected chi connectivity index (χ4v) is 3.07. The van der Waals surface area contributed by atoms with Gasteiger partial charge in [-0.15, -0.1) is 10.2 Å². The lowest BCUT2D eigenvalue weighted by Crippen LogP contribution is -1.94. The lowest BCUT2D eigenvalue weighted by Gasteiger charge is -2.04. The van der Waals surface area contributed by atoms with Gasteiger partial charge < -0.3 is 8.98 Å². The van der Waals surface area contributed by atoms with Crippen molar-refractivity contribution in [2.24, 2.45) is 7.05 Å². The van der Waals surface area contributed by atoms with Crippen LogP contribution in [-0.4, -0.2) is 14.8 Å². The molecule has 2 heterocycles. The van der Waals surface area contributed by atoms with Crippen LogP contribution >= 0.6 is 23.4 Å². The minimum Gasteiger partial charge on any atom is -0.461 e. The number of furan rings is 1. The zero-order chi connectivity index (χ0) is 14.8. The fraction of sp³-hybridized carbons (Fsp3) is 0.143. The normalized spacial score (nSPS) is 11.0. The highest BCUT2D eigenvalue weighted by Crippen LogP contribution is 2.28. The largest absolute Gasteiger partial charge is 0.461 e. The molecule has 21 heavy (non-hydrogen) atoms. The van der Waals surface area contributed by atoms with Gasteiger partial charge in [0.05, 0.1) is 6.26 Å². The maximum atomic E-state index is 13.0. The molecule has 0 unspecified atom stereocenters. The number of thioether (sulfide) groups is 1. The second-order valence-electron chi connectivity index (χ2n) is 4.37. The van der Waals surface area contributed by atoms with Crippen LogP contribution in [0.2, 0.25) is 5.02 Å². The lowest BCUT2D eigenvalue weighted by molar-refractivity contribution is 0.572. The molecule has 3 aromatic rings. The summed E-state index contributed by atoms with van der Waals surface area (Å²) in [6.07, 6.45) is 1.59. The molecular formula is C14H11ClFN3OS. The minimum absolute atomic E-state index is 0.340. The van der Waals surface area contributed by atoms with Crippen molar-refractivity contribution in [2.45, 2.75) is 10.9 Å². The molecule has 0 radical (unpaired) electrons. The number of benzene rings is 1. The maximum Gasteiger partial charge on any atom is 0.200 e. The van der Waals surface area contributed by atoms with Gasteiger partial charge in [-0.1, -0.05) is 29.4 Å². The van der Waals surface area contributed by atoms with E-state index in [1.165, 1.54) is 23.9 Å². The van der Waals surface area contributed by atoms with E-state index < -0.39 is 0 Å². The van der Waals surface area contributed by atoms with Gasteiger partial charge >= 0.3 is 0 Å². The molecular weight excluding hydrogens is 313 g/mol. The van der Waals surface area contributed by atoms with Crippen LogP contribution in [0, 0.1) is 5.82 Å². The van der Waals surface area contributed by atoms with Crippen molar-refractivity contribution in [3.8, 4) is 11.6 Å². The quantitative estimate of drug-likeness (QED) is 0.676. The average Bonchev–Trinajstić information content (AvgIpc) is 3.08. The molecule has 7 heteroatoms. The monoisotopic (exact) mass is 323 g/mol. The minimum atomic E-state index is -0.340. The summed E-state index contributed by atoms with van der Waals surface area (Å²) in [6, 6.07) is 8.01. The van der Waals surface area contributed by atoms with E-state index in [-0.39, 0.29) is 5.82 Å². The molecule has 4 nitrogen and oxygen atoms in total. The first kappa shape index (κ1) is 14.2. The smallest absolute Gasteiger partial charge is 0.200 e. The molecule has 1 aromatic carbocycles. The van der Waals surface area contributed by atoms with Crippen molar-refractivity contribution in [2.75, 3.05) is 0 Å². The molecule has 0 fully saturated rings. The zero-order valence-electron chi connectivity index (χ0n) is 11.1. The summed E-state index contributed by atoms with van der Waals surface area (Å²) in [7, 11) is 1.87. The van der Waals surface area contributed by atoms with Gasteiger partial charge in [0.2, 0.25) is 0 Å². The molecule has 0 amide bonds. The van der Waals surface area contributed by atoms with E-state index in [1.54, 1.807) is 18.4 Å². The van der Waals surface area contributed by atoms with Gasteiger partial charge in [0, 0.05) is 17.8 Å². The Labute approximate surface area is 129 Å². The third kappa shape index (κ3) is 2.96. The van der Waals surface area contributed by atoms with Crippen LogP contribution in [0.5, 0.6) is 0 Å². The summed E-state index contributed by atoms with van der Waals surface area (Å²) >= 11 is 7.49. The van der Waals surface area contributed by atoms with Gasteiger partial charge in [0.25, 0.3) is 0 Å². The first-order valence-electron chi connectivity index (χ1n) is 6.15. The standard InChI is InChI=1S/C14H11ClFN3OS/c1-19-13(12-3-2-6-20-12)17-18-14(19)21-8-9-4-5-10(16)7-11(9)15/h2-7H,8H2,1H3. The second-order valence-corrected chi connectivity index (χ2v) is 5.72. The number of aromatic nitrogens is 3. The van der Waals surface area contributed by atoms with Gasteiger partial charge in [0.1, 0.15) is 5.82 Å². The Bertz CT molecular complexity index is 758. The first-order chi connectivity index (χ1) is 10.1. The van der Waals surface area contributed by atoms with Crippen LogP contribution in [0.3, 0.4) is 0 Å². The first-order valence-corrected chi connectivity index (χ1v) is 7.51. The van der Waals surface area contributed by atoms with Gasteiger partial charge in [-0.3, -0.25) is 0 Å². The third-order valence-electron chi connectivity index (χ3n) is 2.95. The molecule has 0 bridgehead atoms. The topological polar surface area (TPSA) is 43.9 Å². The van der Waals surface area contributed by atoms with Crippen molar-refractivity contribution in [3.63, 3.8) is 0 Å². The summed E-state index contributed by atoms with van der Waals surface area (Å²) in [5, 5.41) is 9.40. The van der Waals surface area contributed by atoms with E-state index in [0.29, 0.717) is 22.4 Å². The predicted octanol–water partition coefficient (Wildman–Crippen LogP) is 4.16. The molecule has 0 spiro atoms. The van der Waals surface area contributed by atoms with Gasteiger partial charge in [-0.05, 0) is 29.8 Å². The third-order valence-corrected chi connectivity index (χ3v) is 4.37. The Morgan fingerprint density at radius 3 is 2.90 bits per heavy atom. The van der Waals surface area contributed by atoms with E-state index in [9.17, 15) is 4.39 Å². The molecule has 0 N–H and O–H groups in total. The SMILES string of the molecule is Cn1c(SCc2ccc(F)cc2Cl)nnc1-c1ccco1. The Hall–Kier alpha value is -1.79. The molecule has 0 aliphatic rings. The van der Waals surface area contributed by atoms with E-state index in [1.807, 2.05) is 17.7 Å². The van der Waals surface area contributed by atoms with Crippen molar-refractivity contribution >= 4 is 23.4 Å². The van der Waals surface area contributed by atoms with Crippen LogP contribution in [-0.2, 0) is 12.8 Å². The highest BCUT2D eigenvalue weighted by molar-refractivity contribution is 7.98. The number of hydrogen-bond donors (Lipinski definition) is 0. The molecule has 2 aromatic heterocycles. The van der Waals surface area contributed by atoms with Crippen molar-refractivity contribution < 1.29 is 8.81 Å². The van der Waals surface area contributed by atoms with Gasteiger partial charge in [0.15, 0.2) is 16.7 Å².